The monoisotopic (exact) mass is 232 g/mol. The van der Waals surface area contributed by atoms with Crippen LogP contribution in [0.25, 0.3) is 0 Å². The molecule has 0 amide bonds. The van der Waals surface area contributed by atoms with Crippen LogP contribution < -0.4 is 0 Å². The van der Waals surface area contributed by atoms with Crippen molar-refractivity contribution in [3.05, 3.63) is 34.9 Å². The molecular formula is C11H14Cl2O. The Balaban J connectivity index is 2.62. The summed E-state index contributed by atoms with van der Waals surface area (Å²) in [6.45, 7) is 0.675. The molecule has 1 rings (SSSR count). The number of benzene rings is 1. The first-order valence-electron chi connectivity index (χ1n) is 4.56. The number of methoxy groups -OCH3 is 1. The van der Waals surface area contributed by atoms with Gasteiger partial charge in [0.2, 0.25) is 0 Å². The summed E-state index contributed by atoms with van der Waals surface area (Å²) in [5, 5.41) is 0.804. The molecular weight excluding hydrogens is 219 g/mol. The molecule has 0 saturated heterocycles. The van der Waals surface area contributed by atoms with Crippen LogP contribution in [-0.4, -0.2) is 19.6 Å². The molecule has 0 N–H and O–H groups in total. The number of rotatable bonds is 5. The molecule has 14 heavy (non-hydrogen) atoms. The number of hydrogen-bond acceptors (Lipinski definition) is 1. The second-order valence-corrected chi connectivity index (χ2v) is 3.99. The fraction of sp³-hybridized carbons (Fsp3) is 0.455. The molecule has 0 saturated carbocycles. The van der Waals surface area contributed by atoms with Gasteiger partial charge in [-0.2, -0.15) is 0 Å². The first kappa shape index (κ1) is 11.8. The molecule has 1 atom stereocenters. The highest BCUT2D eigenvalue weighted by atomic mass is 35.5. The normalized spacial score (nSPS) is 12.8. The van der Waals surface area contributed by atoms with Crippen molar-refractivity contribution in [2.75, 3.05) is 19.6 Å². The smallest absolute Gasteiger partial charge is 0.0505 e. The molecule has 0 aromatic heterocycles. The number of hydrogen-bond donors (Lipinski definition) is 0. The first-order valence-corrected chi connectivity index (χ1v) is 5.47. The van der Waals surface area contributed by atoms with Gasteiger partial charge in [-0.1, -0.05) is 29.8 Å². The van der Waals surface area contributed by atoms with Gasteiger partial charge >= 0.3 is 0 Å². The molecule has 1 nitrogen and oxygen atoms in total. The minimum Gasteiger partial charge on any atom is -0.384 e. The Morgan fingerprint density at radius 1 is 1.36 bits per heavy atom. The van der Waals surface area contributed by atoms with E-state index < -0.39 is 0 Å². The fourth-order valence-corrected chi connectivity index (χ4v) is 1.78. The van der Waals surface area contributed by atoms with Gasteiger partial charge in [0.1, 0.15) is 0 Å². The van der Waals surface area contributed by atoms with Crippen molar-refractivity contribution < 1.29 is 4.74 Å². The highest BCUT2D eigenvalue weighted by Crippen LogP contribution is 2.19. The van der Waals surface area contributed by atoms with Crippen molar-refractivity contribution in [2.45, 2.75) is 6.42 Å². The van der Waals surface area contributed by atoms with E-state index in [2.05, 4.69) is 0 Å². The van der Waals surface area contributed by atoms with Crippen LogP contribution in [0.15, 0.2) is 24.3 Å². The molecule has 78 valence electrons. The van der Waals surface area contributed by atoms with Crippen molar-refractivity contribution in [1.29, 1.82) is 0 Å². The SMILES string of the molecule is COCC(CCl)Cc1ccccc1Cl. The predicted octanol–water partition coefficient (Wildman–Crippen LogP) is 3.38. The van der Waals surface area contributed by atoms with E-state index in [9.17, 15) is 0 Å². The van der Waals surface area contributed by atoms with Gasteiger partial charge in [0, 0.05) is 18.0 Å². The van der Waals surface area contributed by atoms with E-state index in [4.69, 9.17) is 27.9 Å². The molecule has 1 unspecified atom stereocenters. The van der Waals surface area contributed by atoms with Gasteiger partial charge in [0.25, 0.3) is 0 Å². The summed E-state index contributed by atoms with van der Waals surface area (Å²) < 4.78 is 5.08. The summed E-state index contributed by atoms with van der Waals surface area (Å²) in [5.74, 6) is 0.931. The Morgan fingerprint density at radius 2 is 2.07 bits per heavy atom. The van der Waals surface area contributed by atoms with Crippen LogP contribution in [0.3, 0.4) is 0 Å². The van der Waals surface area contributed by atoms with Crippen LogP contribution >= 0.6 is 23.2 Å². The third kappa shape index (κ3) is 3.49. The molecule has 0 aliphatic heterocycles. The Hall–Kier alpha value is -0.240. The standard InChI is InChI=1S/C11H14Cl2O/c1-14-8-9(7-12)6-10-4-2-3-5-11(10)13/h2-5,9H,6-8H2,1H3. The lowest BCUT2D eigenvalue weighted by Crippen LogP contribution is -2.13. The Labute approximate surface area is 95.0 Å². The lowest BCUT2D eigenvalue weighted by molar-refractivity contribution is 0.161. The predicted molar refractivity (Wildman–Crippen MR) is 61.2 cm³/mol. The van der Waals surface area contributed by atoms with E-state index in [1.807, 2.05) is 24.3 Å². The second kappa shape index (κ2) is 6.28. The van der Waals surface area contributed by atoms with Crippen LogP contribution in [-0.2, 0) is 11.2 Å². The molecule has 3 heteroatoms. The lowest BCUT2D eigenvalue weighted by atomic mass is 10.0. The minimum atomic E-state index is 0.335. The summed E-state index contributed by atoms with van der Waals surface area (Å²) >= 11 is 11.9. The number of halogens is 2. The fourth-order valence-electron chi connectivity index (χ4n) is 1.37. The first-order chi connectivity index (χ1) is 6.77. The topological polar surface area (TPSA) is 9.23 Å². The maximum Gasteiger partial charge on any atom is 0.0505 e. The summed E-state index contributed by atoms with van der Waals surface area (Å²) in [6, 6.07) is 7.84. The van der Waals surface area contributed by atoms with Crippen LogP contribution in [0.5, 0.6) is 0 Å². The molecule has 0 fully saturated rings. The molecule has 0 radical (unpaired) electrons. The average molecular weight is 233 g/mol. The van der Waals surface area contributed by atoms with Crippen molar-refractivity contribution in [2.24, 2.45) is 5.92 Å². The zero-order valence-corrected chi connectivity index (χ0v) is 9.68. The van der Waals surface area contributed by atoms with Gasteiger partial charge in [-0.25, -0.2) is 0 Å². The van der Waals surface area contributed by atoms with Crippen LogP contribution in [0.4, 0.5) is 0 Å². The maximum absolute atomic E-state index is 6.04. The average Bonchev–Trinajstić information content (AvgIpc) is 2.20. The summed E-state index contributed by atoms with van der Waals surface area (Å²) in [6.07, 6.45) is 0.872. The van der Waals surface area contributed by atoms with Crippen molar-refractivity contribution in [1.82, 2.24) is 0 Å². The molecule has 0 heterocycles. The van der Waals surface area contributed by atoms with Crippen LogP contribution in [0.1, 0.15) is 5.56 Å². The van der Waals surface area contributed by atoms with Crippen LogP contribution in [0, 0.1) is 5.92 Å². The molecule has 0 bridgehead atoms. The van der Waals surface area contributed by atoms with Gasteiger partial charge in [-0.15, -0.1) is 11.6 Å². The second-order valence-electron chi connectivity index (χ2n) is 3.27. The molecule has 0 aliphatic rings. The van der Waals surface area contributed by atoms with Gasteiger partial charge < -0.3 is 4.74 Å². The largest absolute Gasteiger partial charge is 0.384 e. The Morgan fingerprint density at radius 3 is 2.64 bits per heavy atom. The molecule has 1 aromatic rings. The van der Waals surface area contributed by atoms with E-state index in [1.54, 1.807) is 7.11 Å². The minimum absolute atomic E-state index is 0.335. The zero-order chi connectivity index (χ0) is 10.4. The van der Waals surface area contributed by atoms with E-state index in [1.165, 1.54) is 0 Å². The highest BCUT2D eigenvalue weighted by molar-refractivity contribution is 6.31. The zero-order valence-electron chi connectivity index (χ0n) is 8.17. The van der Waals surface area contributed by atoms with E-state index in [0.717, 1.165) is 17.0 Å². The number of alkyl halides is 1. The molecule has 1 aromatic carbocycles. The summed E-state index contributed by atoms with van der Waals surface area (Å²) in [5.41, 5.74) is 1.14. The van der Waals surface area contributed by atoms with Crippen molar-refractivity contribution >= 4 is 23.2 Å². The van der Waals surface area contributed by atoms with Crippen molar-refractivity contribution in [3.63, 3.8) is 0 Å². The quantitative estimate of drug-likeness (QED) is 0.708. The van der Waals surface area contributed by atoms with Gasteiger partial charge in [0.15, 0.2) is 0 Å². The highest BCUT2D eigenvalue weighted by Gasteiger charge is 2.09. The third-order valence-electron chi connectivity index (χ3n) is 2.09. The van der Waals surface area contributed by atoms with E-state index >= 15 is 0 Å². The van der Waals surface area contributed by atoms with E-state index in [-0.39, 0.29) is 0 Å². The third-order valence-corrected chi connectivity index (χ3v) is 2.89. The summed E-state index contributed by atoms with van der Waals surface area (Å²) in [4.78, 5) is 0. The summed E-state index contributed by atoms with van der Waals surface area (Å²) in [7, 11) is 1.69. The molecule has 0 aliphatic carbocycles. The van der Waals surface area contributed by atoms with Gasteiger partial charge in [-0.05, 0) is 24.0 Å². The van der Waals surface area contributed by atoms with E-state index in [0.29, 0.717) is 18.4 Å². The number of ether oxygens (including phenoxy) is 1. The molecule has 0 spiro atoms. The van der Waals surface area contributed by atoms with Crippen molar-refractivity contribution in [3.8, 4) is 0 Å². The van der Waals surface area contributed by atoms with Crippen LogP contribution in [0.2, 0.25) is 5.02 Å². The van der Waals surface area contributed by atoms with Gasteiger partial charge in [0.05, 0.1) is 6.61 Å². The lowest BCUT2D eigenvalue weighted by Gasteiger charge is -2.13. The Bertz CT molecular complexity index is 276. The Kier molecular flexibility index (Phi) is 5.31. The maximum atomic E-state index is 6.04. The van der Waals surface area contributed by atoms with Gasteiger partial charge in [-0.3, -0.25) is 0 Å².